The maximum absolute atomic E-state index is 12.1. The largest absolute Gasteiger partial charge is 0.349 e. The Bertz CT molecular complexity index is 400. The lowest BCUT2D eigenvalue weighted by molar-refractivity contribution is 0.0930. The van der Waals surface area contributed by atoms with Gasteiger partial charge >= 0.3 is 0 Å². The molecule has 0 atom stereocenters. The van der Waals surface area contributed by atoms with E-state index in [4.69, 9.17) is 23.2 Å². The molecule has 100 valence electrons. The van der Waals surface area contributed by atoms with Gasteiger partial charge < -0.3 is 10.6 Å². The van der Waals surface area contributed by atoms with Crippen LogP contribution in [0.15, 0.2) is 18.2 Å². The number of rotatable bonds is 2. The molecule has 6 heteroatoms. The summed E-state index contributed by atoms with van der Waals surface area (Å²) in [6.45, 7) is 1.86. The summed E-state index contributed by atoms with van der Waals surface area (Å²) in [5.74, 6) is -0.187. The normalized spacial score (nSPS) is 15.9. The lowest BCUT2D eigenvalue weighted by Crippen LogP contribution is -2.42. The fourth-order valence-electron chi connectivity index (χ4n) is 1.94. The first kappa shape index (κ1) is 15.6. The lowest BCUT2D eigenvalue weighted by atomic mass is 10.1. The summed E-state index contributed by atoms with van der Waals surface area (Å²) in [5, 5.41) is 7.00. The number of hydrogen-bond acceptors (Lipinski definition) is 2. The van der Waals surface area contributed by atoms with Crippen LogP contribution in [-0.4, -0.2) is 25.0 Å². The Morgan fingerprint density at radius 2 is 1.78 bits per heavy atom. The van der Waals surface area contributed by atoms with E-state index in [1.165, 1.54) is 0 Å². The molecule has 1 aliphatic rings. The predicted molar refractivity (Wildman–Crippen MR) is 77.1 cm³/mol. The average Bonchev–Trinajstić information content (AvgIpc) is 2.30. The Labute approximate surface area is 123 Å². The van der Waals surface area contributed by atoms with Crippen LogP contribution < -0.4 is 10.6 Å². The number of carbonyl (C=O) groups is 1. The summed E-state index contributed by atoms with van der Waals surface area (Å²) in [4.78, 5) is 12.1. The highest BCUT2D eigenvalue weighted by Gasteiger charge is 2.19. The van der Waals surface area contributed by atoms with E-state index in [9.17, 15) is 4.79 Å². The maximum Gasteiger partial charge on any atom is 0.254 e. The third kappa shape index (κ3) is 3.75. The molecule has 1 heterocycles. The molecule has 0 aliphatic carbocycles. The Kier molecular flexibility index (Phi) is 6.22. The van der Waals surface area contributed by atoms with Crippen LogP contribution in [0.3, 0.4) is 0 Å². The SMILES string of the molecule is Cl.O=C(NC1CCNCC1)c1c(Cl)cccc1Cl. The van der Waals surface area contributed by atoms with Crippen LogP contribution in [0.4, 0.5) is 0 Å². The Hall–Kier alpha value is -0.480. The molecule has 0 aromatic heterocycles. The number of benzene rings is 1. The summed E-state index contributed by atoms with van der Waals surface area (Å²) >= 11 is 12.0. The van der Waals surface area contributed by atoms with Crippen molar-refractivity contribution in [2.45, 2.75) is 18.9 Å². The fraction of sp³-hybridized carbons (Fsp3) is 0.417. The fourth-order valence-corrected chi connectivity index (χ4v) is 2.51. The quantitative estimate of drug-likeness (QED) is 0.882. The van der Waals surface area contributed by atoms with Gasteiger partial charge in [-0.1, -0.05) is 29.3 Å². The number of nitrogens with one attached hydrogen (secondary N) is 2. The molecule has 1 aromatic carbocycles. The molecular weight excluding hydrogens is 295 g/mol. The van der Waals surface area contributed by atoms with E-state index < -0.39 is 0 Å². The van der Waals surface area contributed by atoms with Crippen LogP contribution in [-0.2, 0) is 0 Å². The predicted octanol–water partition coefficient (Wildman–Crippen LogP) is 2.90. The van der Waals surface area contributed by atoms with E-state index in [2.05, 4.69) is 10.6 Å². The third-order valence-electron chi connectivity index (χ3n) is 2.86. The van der Waals surface area contributed by atoms with Crippen molar-refractivity contribution in [2.75, 3.05) is 13.1 Å². The Morgan fingerprint density at radius 3 is 2.33 bits per heavy atom. The van der Waals surface area contributed by atoms with Crippen LogP contribution in [0.5, 0.6) is 0 Å². The van der Waals surface area contributed by atoms with Crippen molar-refractivity contribution in [1.29, 1.82) is 0 Å². The Balaban J connectivity index is 0.00000162. The molecule has 0 unspecified atom stereocenters. The minimum atomic E-state index is -0.187. The number of amides is 1. The van der Waals surface area contributed by atoms with Gasteiger partial charge in [0.1, 0.15) is 0 Å². The van der Waals surface area contributed by atoms with Gasteiger partial charge in [-0.15, -0.1) is 12.4 Å². The van der Waals surface area contributed by atoms with Crippen molar-refractivity contribution in [1.82, 2.24) is 10.6 Å². The Morgan fingerprint density at radius 1 is 1.22 bits per heavy atom. The molecule has 2 rings (SSSR count). The molecule has 3 nitrogen and oxygen atoms in total. The van der Waals surface area contributed by atoms with Gasteiger partial charge in [0, 0.05) is 6.04 Å². The first-order valence-corrected chi connectivity index (χ1v) is 6.39. The van der Waals surface area contributed by atoms with Gasteiger partial charge in [0.05, 0.1) is 15.6 Å². The number of hydrogen-bond donors (Lipinski definition) is 2. The second kappa shape index (κ2) is 7.19. The highest BCUT2D eigenvalue weighted by Crippen LogP contribution is 2.24. The zero-order valence-corrected chi connectivity index (χ0v) is 12.0. The smallest absolute Gasteiger partial charge is 0.254 e. The molecule has 1 saturated heterocycles. The molecule has 0 radical (unpaired) electrons. The highest BCUT2D eigenvalue weighted by molar-refractivity contribution is 6.39. The van der Waals surface area contributed by atoms with Crippen LogP contribution in [0.2, 0.25) is 10.0 Å². The van der Waals surface area contributed by atoms with Gasteiger partial charge in [0.15, 0.2) is 0 Å². The van der Waals surface area contributed by atoms with Gasteiger partial charge in [0.25, 0.3) is 5.91 Å². The summed E-state index contributed by atoms with van der Waals surface area (Å²) < 4.78 is 0. The summed E-state index contributed by atoms with van der Waals surface area (Å²) in [5.41, 5.74) is 0.370. The van der Waals surface area contributed by atoms with Crippen molar-refractivity contribution in [3.63, 3.8) is 0 Å². The molecule has 1 aromatic rings. The molecule has 1 amide bonds. The van der Waals surface area contributed by atoms with E-state index in [0.717, 1.165) is 25.9 Å². The average molecular weight is 310 g/mol. The minimum Gasteiger partial charge on any atom is -0.349 e. The highest BCUT2D eigenvalue weighted by atomic mass is 35.5. The molecule has 18 heavy (non-hydrogen) atoms. The van der Waals surface area contributed by atoms with E-state index in [0.29, 0.717) is 15.6 Å². The van der Waals surface area contributed by atoms with Crippen LogP contribution in [0.1, 0.15) is 23.2 Å². The van der Waals surface area contributed by atoms with Gasteiger partial charge in [0.2, 0.25) is 0 Å². The molecule has 0 saturated carbocycles. The van der Waals surface area contributed by atoms with Gasteiger partial charge in [-0.2, -0.15) is 0 Å². The monoisotopic (exact) mass is 308 g/mol. The van der Waals surface area contributed by atoms with Gasteiger partial charge in [-0.25, -0.2) is 0 Å². The van der Waals surface area contributed by atoms with Crippen molar-refractivity contribution < 1.29 is 4.79 Å². The number of piperidine rings is 1. The van der Waals surface area contributed by atoms with Crippen LogP contribution >= 0.6 is 35.6 Å². The first-order valence-electron chi connectivity index (χ1n) is 5.64. The molecule has 0 spiro atoms. The third-order valence-corrected chi connectivity index (χ3v) is 3.49. The van der Waals surface area contributed by atoms with Crippen LogP contribution in [0.25, 0.3) is 0 Å². The standard InChI is InChI=1S/C12H14Cl2N2O.ClH/c13-9-2-1-3-10(14)11(9)12(17)16-8-4-6-15-7-5-8;/h1-3,8,15H,4-7H2,(H,16,17);1H. The van der Waals surface area contributed by atoms with Crippen LogP contribution in [0, 0.1) is 0 Å². The van der Waals surface area contributed by atoms with E-state index >= 15 is 0 Å². The van der Waals surface area contributed by atoms with Crippen molar-refractivity contribution in [2.24, 2.45) is 0 Å². The second-order valence-corrected chi connectivity index (χ2v) is 4.91. The maximum atomic E-state index is 12.1. The molecular formula is C12H15Cl3N2O. The van der Waals surface area contributed by atoms with Gasteiger partial charge in [-0.3, -0.25) is 4.79 Å². The second-order valence-electron chi connectivity index (χ2n) is 4.09. The van der Waals surface area contributed by atoms with Crippen molar-refractivity contribution >= 4 is 41.5 Å². The number of halogens is 3. The summed E-state index contributed by atoms with van der Waals surface area (Å²) in [6.07, 6.45) is 1.88. The van der Waals surface area contributed by atoms with E-state index in [-0.39, 0.29) is 24.4 Å². The van der Waals surface area contributed by atoms with Crippen molar-refractivity contribution in [3.8, 4) is 0 Å². The van der Waals surface area contributed by atoms with E-state index in [1.807, 2.05) is 0 Å². The topological polar surface area (TPSA) is 41.1 Å². The minimum absolute atomic E-state index is 0. The molecule has 1 fully saturated rings. The summed E-state index contributed by atoms with van der Waals surface area (Å²) in [7, 11) is 0. The first-order chi connectivity index (χ1) is 8.18. The summed E-state index contributed by atoms with van der Waals surface area (Å²) in [6, 6.07) is 5.28. The lowest BCUT2D eigenvalue weighted by Gasteiger charge is -2.24. The zero-order chi connectivity index (χ0) is 12.3. The number of carbonyl (C=O) groups excluding carboxylic acids is 1. The van der Waals surface area contributed by atoms with Gasteiger partial charge in [-0.05, 0) is 38.1 Å². The van der Waals surface area contributed by atoms with Crippen molar-refractivity contribution in [3.05, 3.63) is 33.8 Å². The molecule has 0 bridgehead atoms. The zero-order valence-electron chi connectivity index (χ0n) is 9.71. The molecule has 1 aliphatic heterocycles. The van der Waals surface area contributed by atoms with E-state index in [1.54, 1.807) is 18.2 Å². The molecule has 2 N–H and O–H groups in total.